The molecular weight excluding hydrogens is 298 g/mol. The smallest absolute Gasteiger partial charge is 0.158 e. The van der Waals surface area contributed by atoms with Gasteiger partial charge in [0.25, 0.3) is 0 Å². The van der Waals surface area contributed by atoms with E-state index >= 15 is 0 Å². The van der Waals surface area contributed by atoms with Gasteiger partial charge in [0.1, 0.15) is 5.71 Å². The van der Waals surface area contributed by atoms with Crippen molar-refractivity contribution in [1.82, 2.24) is 0 Å². The first-order chi connectivity index (χ1) is 11.6. The van der Waals surface area contributed by atoms with Crippen LogP contribution in [0.1, 0.15) is 19.4 Å². The molecule has 24 heavy (non-hydrogen) atoms. The quantitative estimate of drug-likeness (QED) is 0.823. The van der Waals surface area contributed by atoms with Crippen molar-refractivity contribution in [3.8, 4) is 0 Å². The lowest BCUT2D eigenvalue weighted by molar-refractivity contribution is 0.132. The van der Waals surface area contributed by atoms with Crippen molar-refractivity contribution in [1.29, 1.82) is 0 Å². The van der Waals surface area contributed by atoms with Gasteiger partial charge >= 0.3 is 0 Å². The summed E-state index contributed by atoms with van der Waals surface area (Å²) >= 11 is 0. The van der Waals surface area contributed by atoms with Crippen molar-refractivity contribution in [2.45, 2.75) is 25.6 Å². The molecule has 2 aromatic rings. The molecule has 1 aliphatic carbocycles. The molecule has 3 nitrogen and oxygen atoms in total. The first-order valence-electron chi connectivity index (χ1n) is 8.03. The van der Waals surface area contributed by atoms with Gasteiger partial charge in [0.15, 0.2) is 11.4 Å². The summed E-state index contributed by atoms with van der Waals surface area (Å²) in [7, 11) is 0. The molecule has 0 aliphatic heterocycles. The number of hydrogen-bond acceptors (Lipinski definition) is 3. The molecule has 0 fully saturated rings. The van der Waals surface area contributed by atoms with Crippen molar-refractivity contribution < 1.29 is 9.84 Å². The zero-order valence-corrected chi connectivity index (χ0v) is 13.9. The molecule has 0 bridgehead atoms. The normalized spacial score (nSPS) is 21.8. The van der Waals surface area contributed by atoms with E-state index < -0.39 is 5.60 Å². The third kappa shape index (κ3) is 2.79. The van der Waals surface area contributed by atoms with Crippen LogP contribution in [0.2, 0.25) is 0 Å². The fourth-order valence-corrected chi connectivity index (χ4v) is 2.79. The number of ether oxygens (including phenoxy) is 1. The highest BCUT2D eigenvalue weighted by Crippen LogP contribution is 2.45. The van der Waals surface area contributed by atoms with E-state index in [0.717, 1.165) is 11.3 Å². The van der Waals surface area contributed by atoms with Crippen LogP contribution in [0, 0.1) is 0 Å². The Bertz CT molecular complexity index is 791. The molecule has 0 saturated carbocycles. The van der Waals surface area contributed by atoms with Gasteiger partial charge in [0.05, 0.1) is 11.8 Å². The summed E-state index contributed by atoms with van der Waals surface area (Å²) in [6.45, 7) is 7.73. The maximum absolute atomic E-state index is 11.1. The molecule has 3 rings (SSSR count). The number of hydrogen-bond donors (Lipinski definition) is 1. The Balaban J connectivity index is 2.16. The minimum absolute atomic E-state index is 0.0194. The van der Waals surface area contributed by atoms with E-state index in [9.17, 15) is 5.11 Å². The summed E-state index contributed by atoms with van der Waals surface area (Å²) < 4.78 is 5.98. The standard InChI is InChI=1S/C21H21NO2/c1-4-21(23)18(16-11-7-5-8-12-16)19(24-15(2)3)20(21)22-17-13-9-6-10-14-17/h4-15,23H,1H2,2-3H3. The van der Waals surface area contributed by atoms with Gasteiger partial charge in [0, 0.05) is 5.57 Å². The molecule has 0 aromatic heterocycles. The monoisotopic (exact) mass is 319 g/mol. The molecule has 2 aromatic carbocycles. The van der Waals surface area contributed by atoms with Crippen LogP contribution in [0.4, 0.5) is 5.69 Å². The van der Waals surface area contributed by atoms with E-state index in [0.29, 0.717) is 17.0 Å². The Hall–Kier alpha value is -2.65. The topological polar surface area (TPSA) is 41.8 Å². The van der Waals surface area contributed by atoms with Crippen LogP contribution < -0.4 is 0 Å². The van der Waals surface area contributed by atoms with Crippen LogP contribution in [-0.4, -0.2) is 22.5 Å². The Labute approximate surface area is 142 Å². The molecule has 0 amide bonds. The van der Waals surface area contributed by atoms with Crippen molar-refractivity contribution in [3.63, 3.8) is 0 Å². The second kappa shape index (κ2) is 6.46. The number of nitrogens with zero attached hydrogens (tertiary/aromatic N) is 1. The van der Waals surface area contributed by atoms with Crippen molar-refractivity contribution >= 4 is 17.0 Å². The average Bonchev–Trinajstić information content (AvgIpc) is 2.60. The van der Waals surface area contributed by atoms with E-state index in [1.807, 2.05) is 74.5 Å². The van der Waals surface area contributed by atoms with E-state index in [-0.39, 0.29) is 6.10 Å². The summed E-state index contributed by atoms with van der Waals surface area (Å²) in [5.74, 6) is 0.627. The van der Waals surface area contributed by atoms with Crippen molar-refractivity contribution in [3.05, 3.63) is 84.6 Å². The van der Waals surface area contributed by atoms with E-state index in [1.54, 1.807) is 0 Å². The molecule has 1 aliphatic rings. The fourth-order valence-electron chi connectivity index (χ4n) is 2.79. The SMILES string of the molecule is C=CC1(O)C(=Nc2ccccc2)C(OC(C)C)=C1c1ccccc1. The van der Waals surface area contributed by atoms with Crippen LogP contribution in [0.15, 0.2) is 84.1 Å². The molecule has 0 heterocycles. The average molecular weight is 319 g/mol. The largest absolute Gasteiger partial charge is 0.488 e. The Morgan fingerprint density at radius 1 is 1.04 bits per heavy atom. The zero-order chi connectivity index (χ0) is 17.2. The number of rotatable bonds is 5. The van der Waals surface area contributed by atoms with E-state index in [4.69, 9.17) is 4.74 Å². The zero-order valence-electron chi connectivity index (χ0n) is 13.9. The van der Waals surface area contributed by atoms with Crippen molar-refractivity contribution in [2.75, 3.05) is 0 Å². The van der Waals surface area contributed by atoms with Crippen LogP contribution >= 0.6 is 0 Å². The first-order valence-corrected chi connectivity index (χ1v) is 8.03. The number of aliphatic hydroxyl groups is 1. The summed E-state index contributed by atoms with van der Waals surface area (Å²) in [5.41, 5.74) is 1.56. The molecule has 1 N–H and O–H groups in total. The third-order valence-corrected chi connectivity index (χ3v) is 3.89. The molecule has 3 heteroatoms. The highest BCUT2D eigenvalue weighted by Gasteiger charge is 2.50. The minimum Gasteiger partial charge on any atom is -0.488 e. The van der Waals surface area contributed by atoms with E-state index in [1.165, 1.54) is 6.08 Å². The van der Waals surface area contributed by atoms with Gasteiger partial charge < -0.3 is 9.84 Å². The molecule has 122 valence electrons. The highest BCUT2D eigenvalue weighted by atomic mass is 16.5. The highest BCUT2D eigenvalue weighted by molar-refractivity contribution is 6.28. The summed E-state index contributed by atoms with van der Waals surface area (Å²) in [6.07, 6.45) is 1.50. The Kier molecular flexibility index (Phi) is 4.36. The van der Waals surface area contributed by atoms with Crippen LogP contribution in [0.3, 0.4) is 0 Å². The Morgan fingerprint density at radius 2 is 1.62 bits per heavy atom. The summed E-state index contributed by atoms with van der Waals surface area (Å²) in [4.78, 5) is 4.61. The molecule has 1 unspecified atom stereocenters. The van der Waals surface area contributed by atoms with Gasteiger partial charge in [-0.2, -0.15) is 0 Å². The van der Waals surface area contributed by atoms with Crippen molar-refractivity contribution in [2.24, 2.45) is 4.99 Å². The number of aliphatic imine (C=N–C) groups is 1. The lowest BCUT2D eigenvalue weighted by Crippen LogP contribution is -2.49. The summed E-state index contributed by atoms with van der Waals surface area (Å²) in [5, 5.41) is 11.1. The van der Waals surface area contributed by atoms with E-state index in [2.05, 4.69) is 11.6 Å². The number of benzene rings is 2. The van der Waals surface area contributed by atoms with Gasteiger partial charge in [-0.1, -0.05) is 55.1 Å². The minimum atomic E-state index is -1.32. The fraction of sp³-hybridized carbons (Fsp3) is 0.190. The maximum atomic E-state index is 11.1. The molecule has 0 radical (unpaired) electrons. The number of para-hydroxylation sites is 1. The second-order valence-corrected chi connectivity index (χ2v) is 6.00. The van der Waals surface area contributed by atoms with Gasteiger partial charge in [-0.25, -0.2) is 4.99 Å². The van der Waals surface area contributed by atoms with Gasteiger partial charge in [0.2, 0.25) is 0 Å². The lowest BCUT2D eigenvalue weighted by atomic mass is 9.72. The maximum Gasteiger partial charge on any atom is 0.158 e. The second-order valence-electron chi connectivity index (χ2n) is 6.00. The van der Waals surface area contributed by atoms with Crippen LogP contribution in [-0.2, 0) is 4.74 Å². The molecule has 0 saturated heterocycles. The molecule has 1 atom stereocenters. The first kappa shape index (κ1) is 16.2. The lowest BCUT2D eigenvalue weighted by Gasteiger charge is -2.41. The molecule has 0 spiro atoms. The van der Waals surface area contributed by atoms with Gasteiger partial charge in [-0.15, -0.1) is 0 Å². The predicted molar refractivity (Wildman–Crippen MR) is 98.3 cm³/mol. The summed E-state index contributed by atoms with van der Waals surface area (Å²) in [6, 6.07) is 19.3. The van der Waals surface area contributed by atoms with Gasteiger partial charge in [-0.3, -0.25) is 0 Å². The molecular formula is C21H21NO2. The van der Waals surface area contributed by atoms with Crippen LogP contribution in [0.5, 0.6) is 0 Å². The van der Waals surface area contributed by atoms with Crippen LogP contribution in [0.25, 0.3) is 5.57 Å². The van der Waals surface area contributed by atoms with Gasteiger partial charge in [-0.05, 0) is 37.6 Å². The Morgan fingerprint density at radius 3 is 2.17 bits per heavy atom. The third-order valence-electron chi connectivity index (χ3n) is 3.89. The predicted octanol–water partition coefficient (Wildman–Crippen LogP) is 4.53.